The molecule has 1 aliphatic rings. The Bertz CT molecular complexity index is 658. The molecule has 0 aliphatic carbocycles. The van der Waals surface area contributed by atoms with Crippen molar-refractivity contribution in [2.45, 2.75) is 52.2 Å². The molecule has 1 aliphatic heterocycles. The van der Waals surface area contributed by atoms with E-state index in [0.29, 0.717) is 11.1 Å². The molecular weight excluding hydrogens is 320 g/mol. The number of rotatable bonds is 4. The highest BCUT2D eigenvalue weighted by molar-refractivity contribution is 6.03. The minimum absolute atomic E-state index is 0.0556. The molecular formula is C19H26N2O4. The molecule has 1 aromatic rings. The Hall–Kier alpha value is -2.37. The summed E-state index contributed by atoms with van der Waals surface area (Å²) in [7, 11) is 0. The summed E-state index contributed by atoms with van der Waals surface area (Å²) in [5, 5.41) is 2.53. The number of benzene rings is 1. The summed E-state index contributed by atoms with van der Waals surface area (Å²) in [6.07, 6.45) is 1.39. The van der Waals surface area contributed by atoms with Gasteiger partial charge in [-0.05, 0) is 52.7 Å². The van der Waals surface area contributed by atoms with E-state index in [1.54, 1.807) is 56.9 Å². The maximum Gasteiger partial charge on any atom is 0.408 e. The number of ether oxygens (including phenoxy) is 1. The minimum Gasteiger partial charge on any atom is -0.444 e. The number of amides is 2. The van der Waals surface area contributed by atoms with Gasteiger partial charge in [0.25, 0.3) is 5.91 Å². The number of carbonyl (C=O) groups excluding carboxylic acids is 3. The summed E-state index contributed by atoms with van der Waals surface area (Å²) in [4.78, 5) is 38.6. The lowest BCUT2D eigenvalue weighted by atomic mass is 10.0. The Morgan fingerprint density at radius 3 is 2.32 bits per heavy atom. The second kappa shape index (κ2) is 7.68. The molecule has 136 valence electrons. The Morgan fingerprint density at radius 2 is 1.72 bits per heavy atom. The molecule has 1 heterocycles. The summed E-state index contributed by atoms with van der Waals surface area (Å²) < 4.78 is 5.16. The molecule has 0 aromatic heterocycles. The molecule has 2 amide bonds. The van der Waals surface area contributed by atoms with Crippen LogP contribution in [-0.2, 0) is 4.74 Å². The Balaban J connectivity index is 2.05. The topological polar surface area (TPSA) is 75.7 Å². The van der Waals surface area contributed by atoms with E-state index in [0.717, 1.165) is 25.9 Å². The van der Waals surface area contributed by atoms with Gasteiger partial charge in [-0.15, -0.1) is 0 Å². The molecule has 1 N–H and O–H groups in total. The van der Waals surface area contributed by atoms with Gasteiger partial charge in [0.1, 0.15) is 5.60 Å². The number of hydrogen-bond donors (Lipinski definition) is 1. The van der Waals surface area contributed by atoms with Gasteiger partial charge in [0.2, 0.25) is 0 Å². The molecule has 6 nitrogen and oxygen atoms in total. The van der Waals surface area contributed by atoms with Crippen molar-refractivity contribution in [3.8, 4) is 0 Å². The van der Waals surface area contributed by atoms with Gasteiger partial charge in [-0.2, -0.15) is 0 Å². The lowest BCUT2D eigenvalue weighted by Crippen LogP contribution is -2.41. The number of carbonyl (C=O) groups is 3. The smallest absolute Gasteiger partial charge is 0.408 e. The molecule has 1 fully saturated rings. The van der Waals surface area contributed by atoms with E-state index in [4.69, 9.17) is 4.74 Å². The predicted molar refractivity (Wildman–Crippen MR) is 94.7 cm³/mol. The van der Waals surface area contributed by atoms with Crippen molar-refractivity contribution >= 4 is 17.8 Å². The van der Waals surface area contributed by atoms with Crippen molar-refractivity contribution in [3.63, 3.8) is 0 Å². The number of ketones is 1. The first-order chi connectivity index (χ1) is 11.7. The van der Waals surface area contributed by atoms with Crippen molar-refractivity contribution < 1.29 is 19.1 Å². The van der Waals surface area contributed by atoms with Gasteiger partial charge in [-0.25, -0.2) is 4.79 Å². The van der Waals surface area contributed by atoms with E-state index in [9.17, 15) is 14.4 Å². The first kappa shape index (κ1) is 19.0. The number of nitrogens with zero attached hydrogens (tertiary/aromatic N) is 1. The molecule has 1 unspecified atom stereocenters. The average molecular weight is 346 g/mol. The number of alkyl carbamates (subject to hydrolysis) is 1. The van der Waals surface area contributed by atoms with Crippen molar-refractivity contribution in [3.05, 3.63) is 35.4 Å². The first-order valence-corrected chi connectivity index (χ1v) is 8.60. The van der Waals surface area contributed by atoms with Gasteiger partial charge in [0, 0.05) is 24.2 Å². The highest BCUT2D eigenvalue weighted by atomic mass is 16.6. The molecule has 0 saturated carbocycles. The van der Waals surface area contributed by atoms with Crippen LogP contribution in [0.5, 0.6) is 0 Å². The van der Waals surface area contributed by atoms with Crippen molar-refractivity contribution in [2.24, 2.45) is 0 Å². The number of nitrogens with one attached hydrogen (secondary N) is 1. The van der Waals surface area contributed by atoms with Gasteiger partial charge in [-0.3, -0.25) is 9.59 Å². The second-order valence-corrected chi connectivity index (χ2v) is 7.31. The number of likely N-dealkylation sites (tertiary alicyclic amines) is 1. The molecule has 0 radical (unpaired) electrons. The first-order valence-electron chi connectivity index (χ1n) is 8.60. The summed E-state index contributed by atoms with van der Waals surface area (Å²) in [5.74, 6) is -0.318. The largest absolute Gasteiger partial charge is 0.444 e. The van der Waals surface area contributed by atoms with Crippen LogP contribution >= 0.6 is 0 Å². The van der Waals surface area contributed by atoms with Crippen LogP contribution in [-0.4, -0.2) is 47.4 Å². The van der Waals surface area contributed by atoms with Crippen LogP contribution in [0.4, 0.5) is 4.79 Å². The van der Waals surface area contributed by atoms with Gasteiger partial charge >= 0.3 is 6.09 Å². The molecule has 1 saturated heterocycles. The molecule has 2 rings (SSSR count). The maximum absolute atomic E-state index is 12.5. The van der Waals surface area contributed by atoms with Crippen LogP contribution in [0.1, 0.15) is 61.3 Å². The van der Waals surface area contributed by atoms with E-state index >= 15 is 0 Å². The summed E-state index contributed by atoms with van der Waals surface area (Å²) in [6, 6.07) is 5.90. The summed E-state index contributed by atoms with van der Waals surface area (Å²) in [5.41, 5.74) is 0.264. The zero-order valence-electron chi connectivity index (χ0n) is 15.3. The molecule has 1 aromatic carbocycles. The lowest BCUT2D eigenvalue weighted by Gasteiger charge is -2.21. The normalized spacial score (nSPS) is 15.6. The third-order valence-corrected chi connectivity index (χ3v) is 3.91. The van der Waals surface area contributed by atoms with Crippen LogP contribution in [0.3, 0.4) is 0 Å². The van der Waals surface area contributed by atoms with Gasteiger partial charge in [0.05, 0.1) is 6.04 Å². The highest BCUT2D eigenvalue weighted by Gasteiger charge is 2.24. The average Bonchev–Trinajstić information content (AvgIpc) is 3.06. The van der Waals surface area contributed by atoms with Crippen LogP contribution in [0.15, 0.2) is 24.3 Å². The fourth-order valence-electron chi connectivity index (χ4n) is 2.71. The minimum atomic E-state index is -0.744. The highest BCUT2D eigenvalue weighted by Crippen LogP contribution is 2.15. The van der Waals surface area contributed by atoms with E-state index < -0.39 is 17.7 Å². The van der Waals surface area contributed by atoms with Gasteiger partial charge < -0.3 is 15.0 Å². The second-order valence-electron chi connectivity index (χ2n) is 7.31. The third kappa shape index (κ3) is 5.31. The van der Waals surface area contributed by atoms with Crippen LogP contribution in [0.2, 0.25) is 0 Å². The zero-order chi connectivity index (χ0) is 18.6. The molecule has 6 heteroatoms. The quantitative estimate of drug-likeness (QED) is 0.850. The fraction of sp³-hybridized carbons (Fsp3) is 0.526. The van der Waals surface area contributed by atoms with Crippen LogP contribution < -0.4 is 5.32 Å². The van der Waals surface area contributed by atoms with Crippen molar-refractivity contribution in [1.29, 1.82) is 0 Å². The maximum atomic E-state index is 12.5. The molecule has 0 bridgehead atoms. The standard InChI is InChI=1S/C19H26N2O4/c1-13(20-18(24)25-19(2,3)4)16(22)14-8-7-9-15(12-14)17(23)21-10-5-6-11-21/h7-9,12-13H,5-6,10-11H2,1-4H3,(H,20,24). The van der Waals surface area contributed by atoms with Gasteiger partial charge in [-0.1, -0.05) is 12.1 Å². The Morgan fingerprint density at radius 1 is 1.12 bits per heavy atom. The van der Waals surface area contributed by atoms with Crippen molar-refractivity contribution in [1.82, 2.24) is 10.2 Å². The van der Waals surface area contributed by atoms with Gasteiger partial charge in [0.15, 0.2) is 5.78 Å². The zero-order valence-corrected chi connectivity index (χ0v) is 15.3. The lowest BCUT2D eigenvalue weighted by molar-refractivity contribution is 0.0496. The summed E-state index contributed by atoms with van der Waals surface area (Å²) >= 11 is 0. The Labute approximate surface area is 148 Å². The molecule has 1 atom stereocenters. The van der Waals surface area contributed by atoms with Crippen LogP contribution in [0.25, 0.3) is 0 Å². The fourth-order valence-corrected chi connectivity index (χ4v) is 2.71. The van der Waals surface area contributed by atoms with E-state index in [-0.39, 0.29) is 11.7 Å². The van der Waals surface area contributed by atoms with Crippen LogP contribution in [0, 0.1) is 0 Å². The molecule has 0 spiro atoms. The monoisotopic (exact) mass is 346 g/mol. The SMILES string of the molecule is CC(NC(=O)OC(C)(C)C)C(=O)c1cccc(C(=O)N2CCCC2)c1. The van der Waals surface area contributed by atoms with E-state index in [1.165, 1.54) is 0 Å². The molecule has 25 heavy (non-hydrogen) atoms. The summed E-state index contributed by atoms with van der Waals surface area (Å²) in [6.45, 7) is 8.38. The predicted octanol–water partition coefficient (Wildman–Crippen LogP) is 3.02. The van der Waals surface area contributed by atoms with E-state index in [2.05, 4.69) is 5.32 Å². The van der Waals surface area contributed by atoms with E-state index in [1.807, 2.05) is 0 Å². The van der Waals surface area contributed by atoms with Crippen molar-refractivity contribution in [2.75, 3.05) is 13.1 Å². The third-order valence-electron chi connectivity index (χ3n) is 3.91. The number of hydrogen-bond acceptors (Lipinski definition) is 4. The number of Topliss-reactive ketones (excluding diaryl/α,β-unsaturated/α-hetero) is 1. The Kier molecular flexibility index (Phi) is 5.82.